The van der Waals surface area contributed by atoms with Gasteiger partial charge in [-0.25, -0.2) is 9.59 Å². The van der Waals surface area contributed by atoms with Gasteiger partial charge in [-0.15, -0.1) is 0 Å². The summed E-state index contributed by atoms with van der Waals surface area (Å²) in [7, 11) is 2.75. The molecule has 1 N–H and O–H groups in total. The number of ether oxygens (including phenoxy) is 1. The molecule has 0 spiro atoms. The summed E-state index contributed by atoms with van der Waals surface area (Å²) in [6.07, 6.45) is 0. The normalized spacial score (nSPS) is 10.4. The number of nitrogens with one attached hydrogen (secondary N) is 1. The molecule has 8 heteroatoms. The van der Waals surface area contributed by atoms with Crippen molar-refractivity contribution >= 4 is 17.7 Å². The second-order valence-electron chi connectivity index (χ2n) is 5.71. The Morgan fingerprint density at radius 2 is 1.76 bits per heavy atom. The molecule has 0 aliphatic rings. The van der Waals surface area contributed by atoms with E-state index in [1.165, 1.54) is 14.1 Å². The summed E-state index contributed by atoms with van der Waals surface area (Å²) in [6.45, 7) is 3.15. The highest BCUT2D eigenvalue weighted by molar-refractivity contribution is 5.95. The molecule has 0 radical (unpaired) electrons. The number of rotatable bonds is 4. The van der Waals surface area contributed by atoms with Crippen molar-refractivity contribution in [2.24, 2.45) is 14.1 Å². The molecule has 0 aliphatic heterocycles. The zero-order valence-electron chi connectivity index (χ0n) is 14.5. The minimum absolute atomic E-state index is 0.0284. The molecule has 0 saturated carbocycles. The number of benzene rings is 1. The number of aryl methyl sites for hydroxylation is 2. The maximum absolute atomic E-state index is 12.0. The molecule has 132 valence electrons. The summed E-state index contributed by atoms with van der Waals surface area (Å²) in [5.74, 6) is -1.24. The second-order valence-corrected chi connectivity index (χ2v) is 5.71. The number of hydrogen-bond acceptors (Lipinski definition) is 5. The topological polar surface area (TPSA) is 99.4 Å². The van der Waals surface area contributed by atoms with Crippen molar-refractivity contribution in [1.29, 1.82) is 0 Å². The number of hydrogen-bond donors (Lipinski definition) is 1. The molecule has 1 heterocycles. The van der Waals surface area contributed by atoms with Crippen molar-refractivity contribution in [3.8, 4) is 0 Å². The van der Waals surface area contributed by atoms with Gasteiger partial charge in [0.05, 0.1) is 5.56 Å². The van der Waals surface area contributed by atoms with Crippen LogP contribution >= 0.6 is 0 Å². The van der Waals surface area contributed by atoms with E-state index in [-0.39, 0.29) is 5.82 Å². The zero-order valence-corrected chi connectivity index (χ0v) is 14.5. The van der Waals surface area contributed by atoms with Crippen LogP contribution in [0, 0.1) is 13.8 Å². The Hall–Kier alpha value is -3.16. The maximum Gasteiger partial charge on any atom is 0.338 e. The van der Waals surface area contributed by atoms with Crippen molar-refractivity contribution < 1.29 is 14.3 Å². The Labute approximate surface area is 143 Å². The van der Waals surface area contributed by atoms with Crippen LogP contribution < -0.4 is 16.6 Å². The highest BCUT2D eigenvalue weighted by Gasteiger charge is 2.14. The molecule has 0 atom stereocenters. The summed E-state index contributed by atoms with van der Waals surface area (Å²) in [4.78, 5) is 47.4. The highest BCUT2D eigenvalue weighted by atomic mass is 16.5. The smallest absolute Gasteiger partial charge is 0.338 e. The second kappa shape index (κ2) is 7.16. The van der Waals surface area contributed by atoms with Crippen molar-refractivity contribution in [3.63, 3.8) is 0 Å². The summed E-state index contributed by atoms with van der Waals surface area (Å²) in [6, 6.07) is 6.37. The van der Waals surface area contributed by atoms with E-state index in [1.54, 1.807) is 19.1 Å². The number of esters is 1. The third kappa shape index (κ3) is 4.03. The van der Waals surface area contributed by atoms with Crippen LogP contribution in [0.2, 0.25) is 0 Å². The van der Waals surface area contributed by atoms with Crippen LogP contribution in [0.3, 0.4) is 0 Å². The quantitative estimate of drug-likeness (QED) is 0.813. The monoisotopic (exact) mass is 345 g/mol. The highest BCUT2D eigenvalue weighted by Crippen LogP contribution is 2.11. The van der Waals surface area contributed by atoms with Crippen molar-refractivity contribution in [1.82, 2.24) is 9.13 Å². The van der Waals surface area contributed by atoms with Crippen molar-refractivity contribution in [3.05, 3.63) is 61.8 Å². The molecule has 2 rings (SSSR count). The van der Waals surface area contributed by atoms with E-state index in [0.29, 0.717) is 5.56 Å². The Bertz CT molecular complexity index is 956. The van der Waals surface area contributed by atoms with Gasteiger partial charge in [0.25, 0.3) is 11.5 Å². The molecule has 8 nitrogen and oxygen atoms in total. The molecule has 0 saturated heterocycles. The van der Waals surface area contributed by atoms with Crippen molar-refractivity contribution in [2.45, 2.75) is 13.8 Å². The van der Waals surface area contributed by atoms with Gasteiger partial charge >= 0.3 is 11.7 Å². The number of amides is 1. The minimum Gasteiger partial charge on any atom is -0.452 e. The van der Waals surface area contributed by atoms with Crippen LogP contribution in [0.4, 0.5) is 5.82 Å². The van der Waals surface area contributed by atoms with E-state index in [2.05, 4.69) is 5.32 Å². The average Bonchev–Trinajstić information content (AvgIpc) is 2.55. The van der Waals surface area contributed by atoms with E-state index in [4.69, 9.17) is 4.74 Å². The number of carbonyl (C=O) groups excluding carboxylic acids is 2. The van der Waals surface area contributed by atoms with Gasteiger partial charge in [0.1, 0.15) is 5.82 Å². The SMILES string of the molecule is Cc1ccc(C(=O)OCC(=O)Nc2cc(=O)n(C)c(=O)n2C)c(C)c1. The Kier molecular flexibility index (Phi) is 5.21. The van der Waals surface area contributed by atoms with Gasteiger partial charge in [-0.3, -0.25) is 18.7 Å². The molecular weight excluding hydrogens is 326 g/mol. The van der Waals surface area contributed by atoms with Crippen LogP contribution in [0.5, 0.6) is 0 Å². The third-order valence-corrected chi connectivity index (χ3v) is 3.73. The molecule has 2 aromatic rings. The number of anilines is 1. The van der Waals surface area contributed by atoms with Crippen LogP contribution in [-0.2, 0) is 23.6 Å². The Morgan fingerprint density at radius 1 is 1.08 bits per heavy atom. The first kappa shape index (κ1) is 18.2. The van der Waals surface area contributed by atoms with E-state index >= 15 is 0 Å². The molecule has 0 bridgehead atoms. The predicted molar refractivity (Wildman–Crippen MR) is 91.8 cm³/mol. The lowest BCUT2D eigenvalue weighted by Crippen LogP contribution is -2.38. The average molecular weight is 345 g/mol. The number of nitrogens with zero attached hydrogens (tertiary/aromatic N) is 2. The maximum atomic E-state index is 12.0. The molecule has 1 amide bonds. The molecule has 0 fully saturated rings. The van der Waals surface area contributed by atoms with Gasteiger partial charge in [0.15, 0.2) is 6.61 Å². The third-order valence-electron chi connectivity index (χ3n) is 3.73. The first-order valence-electron chi connectivity index (χ1n) is 7.52. The molecule has 0 unspecified atom stereocenters. The first-order valence-corrected chi connectivity index (χ1v) is 7.52. The van der Waals surface area contributed by atoms with Crippen molar-refractivity contribution in [2.75, 3.05) is 11.9 Å². The Morgan fingerprint density at radius 3 is 2.40 bits per heavy atom. The predicted octanol–water partition coefficient (Wildman–Crippen LogP) is 0.496. The molecular formula is C17H19N3O5. The lowest BCUT2D eigenvalue weighted by molar-refractivity contribution is -0.119. The van der Waals surface area contributed by atoms with Crippen LogP contribution in [-0.4, -0.2) is 27.6 Å². The first-order chi connectivity index (χ1) is 11.7. The standard InChI is InChI=1S/C17H19N3O5/c1-10-5-6-12(11(2)7-10)16(23)25-9-14(21)18-13-8-15(22)20(4)17(24)19(13)3/h5-8H,9H2,1-4H3,(H,18,21). The van der Waals surface area contributed by atoms with Gasteiger partial charge in [0, 0.05) is 20.2 Å². The van der Waals surface area contributed by atoms with Gasteiger partial charge in [-0.05, 0) is 25.5 Å². The molecule has 1 aromatic carbocycles. The van der Waals surface area contributed by atoms with Gasteiger partial charge in [-0.2, -0.15) is 0 Å². The Balaban J connectivity index is 2.05. The van der Waals surface area contributed by atoms with E-state index in [0.717, 1.165) is 26.3 Å². The fourth-order valence-corrected chi connectivity index (χ4v) is 2.28. The fourth-order valence-electron chi connectivity index (χ4n) is 2.28. The van der Waals surface area contributed by atoms with E-state index in [9.17, 15) is 19.2 Å². The molecule has 0 aliphatic carbocycles. The van der Waals surface area contributed by atoms with E-state index < -0.39 is 29.7 Å². The lowest BCUT2D eigenvalue weighted by atomic mass is 10.1. The van der Waals surface area contributed by atoms with Gasteiger partial charge < -0.3 is 10.1 Å². The molecule has 25 heavy (non-hydrogen) atoms. The summed E-state index contributed by atoms with van der Waals surface area (Å²) < 4.78 is 7.01. The summed E-state index contributed by atoms with van der Waals surface area (Å²) >= 11 is 0. The summed E-state index contributed by atoms with van der Waals surface area (Å²) in [5, 5.41) is 2.38. The number of carbonyl (C=O) groups is 2. The van der Waals surface area contributed by atoms with Crippen LogP contribution in [0.1, 0.15) is 21.5 Å². The van der Waals surface area contributed by atoms with Gasteiger partial charge in [-0.1, -0.05) is 17.7 Å². The van der Waals surface area contributed by atoms with Crippen LogP contribution in [0.25, 0.3) is 0 Å². The minimum atomic E-state index is -0.652. The summed E-state index contributed by atoms with van der Waals surface area (Å²) in [5.41, 5.74) is 1.01. The van der Waals surface area contributed by atoms with Gasteiger partial charge in [0.2, 0.25) is 0 Å². The lowest BCUT2D eigenvalue weighted by Gasteiger charge is -2.11. The molecule has 1 aromatic heterocycles. The number of aromatic nitrogens is 2. The largest absolute Gasteiger partial charge is 0.452 e. The zero-order chi connectivity index (χ0) is 18.7. The van der Waals surface area contributed by atoms with E-state index in [1.807, 2.05) is 13.0 Å². The fraction of sp³-hybridized carbons (Fsp3) is 0.294. The van der Waals surface area contributed by atoms with Crippen LogP contribution in [0.15, 0.2) is 33.9 Å².